The molecule has 1 aromatic carbocycles. The van der Waals surface area contributed by atoms with Gasteiger partial charge in [-0.05, 0) is 24.6 Å². The van der Waals surface area contributed by atoms with Gasteiger partial charge in [-0.15, -0.1) is 11.3 Å². The van der Waals surface area contributed by atoms with Crippen molar-refractivity contribution in [2.24, 2.45) is 0 Å². The summed E-state index contributed by atoms with van der Waals surface area (Å²) >= 11 is 1.52. The fourth-order valence-electron chi connectivity index (χ4n) is 2.33. The van der Waals surface area contributed by atoms with Gasteiger partial charge >= 0.3 is 0 Å². The highest BCUT2D eigenvalue weighted by atomic mass is 32.1. The van der Waals surface area contributed by atoms with Crippen LogP contribution in [0.4, 0.5) is 0 Å². The van der Waals surface area contributed by atoms with E-state index in [9.17, 15) is 4.79 Å². The van der Waals surface area contributed by atoms with Gasteiger partial charge in [0.25, 0.3) is 5.91 Å². The van der Waals surface area contributed by atoms with Crippen LogP contribution in [0.15, 0.2) is 29.8 Å². The summed E-state index contributed by atoms with van der Waals surface area (Å²) in [6, 6.07) is 5.63. The van der Waals surface area contributed by atoms with Gasteiger partial charge < -0.3 is 14.8 Å². The third-order valence-corrected chi connectivity index (χ3v) is 4.47. The zero-order valence-electron chi connectivity index (χ0n) is 11.8. The molecular weight excluding hydrogens is 302 g/mol. The van der Waals surface area contributed by atoms with Gasteiger partial charge in [-0.2, -0.15) is 0 Å². The normalized spacial score (nSPS) is 12.8. The van der Waals surface area contributed by atoms with Crippen LogP contribution >= 0.6 is 11.3 Å². The van der Waals surface area contributed by atoms with E-state index in [-0.39, 0.29) is 12.7 Å². The molecule has 22 heavy (non-hydrogen) atoms. The number of fused-ring (bicyclic) bond motifs is 2. The Kier molecular flexibility index (Phi) is 3.00. The second-order valence-electron chi connectivity index (χ2n) is 5.03. The number of benzene rings is 1. The molecule has 0 atom stereocenters. The molecule has 0 fully saturated rings. The molecule has 3 heterocycles. The van der Waals surface area contributed by atoms with Gasteiger partial charge in [-0.3, -0.25) is 9.20 Å². The van der Waals surface area contributed by atoms with E-state index in [2.05, 4.69) is 10.3 Å². The van der Waals surface area contributed by atoms with Crippen molar-refractivity contribution in [1.82, 2.24) is 14.7 Å². The largest absolute Gasteiger partial charge is 0.454 e. The van der Waals surface area contributed by atoms with Crippen molar-refractivity contribution >= 4 is 22.2 Å². The molecule has 7 heteroatoms. The summed E-state index contributed by atoms with van der Waals surface area (Å²) in [5.41, 5.74) is 2.45. The van der Waals surface area contributed by atoms with Crippen LogP contribution in [0.25, 0.3) is 4.96 Å². The van der Waals surface area contributed by atoms with Gasteiger partial charge in [0.2, 0.25) is 6.79 Å². The molecule has 0 spiro atoms. The molecule has 4 rings (SSSR count). The molecule has 112 valence electrons. The smallest absolute Gasteiger partial charge is 0.271 e. The quantitative estimate of drug-likeness (QED) is 0.806. The van der Waals surface area contributed by atoms with Crippen molar-refractivity contribution in [3.63, 3.8) is 0 Å². The van der Waals surface area contributed by atoms with Gasteiger partial charge in [-0.1, -0.05) is 6.07 Å². The summed E-state index contributed by atoms with van der Waals surface area (Å²) in [5, 5.41) is 4.88. The first-order valence-electron chi connectivity index (χ1n) is 6.80. The zero-order chi connectivity index (χ0) is 15.1. The second kappa shape index (κ2) is 5.03. The number of hydrogen-bond acceptors (Lipinski definition) is 5. The van der Waals surface area contributed by atoms with E-state index in [1.54, 1.807) is 6.20 Å². The summed E-state index contributed by atoms with van der Waals surface area (Å²) in [7, 11) is 0. The zero-order valence-corrected chi connectivity index (χ0v) is 12.6. The average Bonchev–Trinajstić information content (AvgIpc) is 3.21. The molecule has 1 amide bonds. The first-order valence-corrected chi connectivity index (χ1v) is 7.68. The Morgan fingerprint density at radius 1 is 1.41 bits per heavy atom. The maximum atomic E-state index is 12.2. The van der Waals surface area contributed by atoms with Crippen LogP contribution in [0.2, 0.25) is 0 Å². The SMILES string of the molecule is Cc1csc2nc(C(=O)NCc3ccc4c(c3)OCO4)cn12. The topological polar surface area (TPSA) is 64.9 Å². The number of amides is 1. The van der Waals surface area contributed by atoms with E-state index in [0.29, 0.717) is 18.0 Å². The summed E-state index contributed by atoms with van der Waals surface area (Å²) in [6.07, 6.45) is 1.76. The van der Waals surface area contributed by atoms with Crippen molar-refractivity contribution < 1.29 is 14.3 Å². The number of imidazole rings is 1. The highest BCUT2D eigenvalue weighted by Gasteiger charge is 2.15. The van der Waals surface area contributed by atoms with Gasteiger partial charge in [0, 0.05) is 23.8 Å². The maximum Gasteiger partial charge on any atom is 0.271 e. The van der Waals surface area contributed by atoms with Crippen LogP contribution in [0.1, 0.15) is 21.7 Å². The lowest BCUT2D eigenvalue weighted by Crippen LogP contribution is -2.23. The summed E-state index contributed by atoms with van der Waals surface area (Å²) in [4.78, 5) is 17.3. The summed E-state index contributed by atoms with van der Waals surface area (Å²) in [6.45, 7) is 2.65. The van der Waals surface area contributed by atoms with E-state index >= 15 is 0 Å². The Labute approximate surface area is 130 Å². The number of aromatic nitrogens is 2. The molecule has 1 aliphatic heterocycles. The van der Waals surface area contributed by atoms with Gasteiger partial charge in [0.15, 0.2) is 16.5 Å². The molecule has 1 aliphatic rings. The lowest BCUT2D eigenvalue weighted by molar-refractivity contribution is 0.0946. The van der Waals surface area contributed by atoms with Crippen molar-refractivity contribution in [1.29, 1.82) is 0 Å². The van der Waals surface area contributed by atoms with Crippen LogP contribution in [0, 0.1) is 6.92 Å². The molecule has 6 nitrogen and oxygen atoms in total. The average molecular weight is 315 g/mol. The fraction of sp³-hybridized carbons (Fsp3) is 0.200. The fourth-order valence-corrected chi connectivity index (χ4v) is 3.18. The van der Waals surface area contributed by atoms with Gasteiger partial charge in [-0.25, -0.2) is 4.98 Å². The molecule has 2 aromatic heterocycles. The molecule has 1 N–H and O–H groups in total. The molecule has 3 aromatic rings. The monoisotopic (exact) mass is 315 g/mol. The molecule has 0 bridgehead atoms. The van der Waals surface area contributed by atoms with Crippen molar-refractivity contribution in [2.75, 3.05) is 6.79 Å². The van der Waals surface area contributed by atoms with Crippen molar-refractivity contribution in [2.45, 2.75) is 13.5 Å². The van der Waals surface area contributed by atoms with E-state index in [1.807, 2.05) is 34.9 Å². The lowest BCUT2D eigenvalue weighted by atomic mass is 10.2. The first kappa shape index (κ1) is 13.1. The van der Waals surface area contributed by atoms with E-state index < -0.39 is 0 Å². The summed E-state index contributed by atoms with van der Waals surface area (Å²) < 4.78 is 12.5. The molecular formula is C15H13N3O3S. The number of aryl methyl sites for hydroxylation is 1. The van der Waals surface area contributed by atoms with Crippen LogP contribution < -0.4 is 14.8 Å². The number of carbonyl (C=O) groups excluding carboxylic acids is 1. The molecule has 0 unspecified atom stereocenters. The van der Waals surface area contributed by atoms with E-state index in [4.69, 9.17) is 9.47 Å². The third-order valence-electron chi connectivity index (χ3n) is 3.51. The lowest BCUT2D eigenvalue weighted by Gasteiger charge is -2.04. The Morgan fingerprint density at radius 2 is 2.27 bits per heavy atom. The maximum absolute atomic E-state index is 12.2. The number of hydrogen-bond donors (Lipinski definition) is 1. The number of rotatable bonds is 3. The van der Waals surface area contributed by atoms with Gasteiger partial charge in [0.1, 0.15) is 5.69 Å². The minimum Gasteiger partial charge on any atom is -0.454 e. The molecule has 0 aliphatic carbocycles. The van der Waals surface area contributed by atoms with E-state index in [0.717, 1.165) is 22.0 Å². The van der Waals surface area contributed by atoms with Gasteiger partial charge in [0.05, 0.1) is 0 Å². The Morgan fingerprint density at radius 3 is 3.14 bits per heavy atom. The van der Waals surface area contributed by atoms with Crippen LogP contribution in [-0.2, 0) is 6.54 Å². The Bertz CT molecular complexity index is 868. The third kappa shape index (κ3) is 2.19. The van der Waals surface area contributed by atoms with Crippen LogP contribution in [-0.4, -0.2) is 22.1 Å². The second-order valence-corrected chi connectivity index (χ2v) is 5.86. The number of ether oxygens (including phenoxy) is 2. The standard InChI is InChI=1S/C15H13N3O3S/c1-9-7-22-15-17-11(6-18(9)15)14(19)16-5-10-2-3-12-13(4-10)21-8-20-12/h2-4,6-7H,5,8H2,1H3,(H,16,19). The predicted octanol–water partition coefficient (Wildman–Crippen LogP) is 2.36. The molecule has 0 saturated heterocycles. The minimum atomic E-state index is -0.187. The first-order chi connectivity index (χ1) is 10.7. The minimum absolute atomic E-state index is 0.187. The highest BCUT2D eigenvalue weighted by Crippen LogP contribution is 2.32. The van der Waals surface area contributed by atoms with Crippen LogP contribution in [0.3, 0.4) is 0 Å². The number of nitrogens with one attached hydrogen (secondary N) is 1. The summed E-state index contributed by atoms with van der Waals surface area (Å²) in [5.74, 6) is 1.26. The van der Waals surface area contributed by atoms with Crippen molar-refractivity contribution in [3.8, 4) is 11.5 Å². The Hall–Kier alpha value is -2.54. The Balaban J connectivity index is 1.47. The van der Waals surface area contributed by atoms with E-state index in [1.165, 1.54) is 11.3 Å². The number of thiazole rings is 1. The molecule has 0 radical (unpaired) electrons. The predicted molar refractivity (Wildman–Crippen MR) is 81.5 cm³/mol. The molecule has 0 saturated carbocycles. The van der Waals surface area contributed by atoms with Crippen LogP contribution in [0.5, 0.6) is 11.5 Å². The highest BCUT2D eigenvalue weighted by molar-refractivity contribution is 7.15. The number of nitrogens with zero attached hydrogens (tertiary/aromatic N) is 2. The number of carbonyl (C=O) groups is 1. The van der Waals surface area contributed by atoms with Crippen molar-refractivity contribution in [3.05, 3.63) is 46.7 Å².